The fourth-order valence-electron chi connectivity index (χ4n) is 1.97. The zero-order valence-electron chi connectivity index (χ0n) is 11.3. The maximum atomic E-state index is 11.9. The molecule has 5 nitrogen and oxygen atoms in total. The van der Waals surface area contributed by atoms with Gasteiger partial charge in [0.05, 0.1) is 23.4 Å². The lowest BCUT2D eigenvalue weighted by Crippen LogP contribution is -2.11. The Morgan fingerprint density at radius 3 is 2.71 bits per heavy atom. The summed E-state index contributed by atoms with van der Waals surface area (Å²) in [4.78, 5) is 11.9. The lowest BCUT2D eigenvalue weighted by Gasteiger charge is -2.11. The predicted octanol–water partition coefficient (Wildman–Crippen LogP) is 3.44. The van der Waals surface area contributed by atoms with Gasteiger partial charge in [-0.25, -0.2) is 4.79 Å². The van der Waals surface area contributed by atoms with Crippen molar-refractivity contribution >= 4 is 39.2 Å². The van der Waals surface area contributed by atoms with Crippen LogP contribution in [-0.4, -0.2) is 17.6 Å². The van der Waals surface area contributed by atoms with E-state index in [9.17, 15) is 4.79 Å². The van der Waals surface area contributed by atoms with Crippen LogP contribution in [-0.2, 0) is 4.74 Å². The number of hydrogen-bond donors (Lipinski definition) is 1. The molecule has 0 bridgehead atoms. The van der Waals surface area contributed by atoms with Crippen molar-refractivity contribution < 1.29 is 9.53 Å². The van der Waals surface area contributed by atoms with Gasteiger partial charge in [-0.05, 0) is 40.5 Å². The second-order valence-electron chi connectivity index (χ2n) is 4.34. The minimum Gasteiger partial charge on any atom is -0.464 e. The molecule has 0 aliphatic carbocycles. The molecule has 1 aromatic carbocycles. The van der Waals surface area contributed by atoms with Gasteiger partial charge in [0.1, 0.15) is 6.07 Å². The van der Waals surface area contributed by atoms with Crippen molar-refractivity contribution in [3.8, 4) is 11.8 Å². The molecule has 0 aliphatic rings. The van der Waals surface area contributed by atoms with E-state index in [1.165, 1.54) is 17.9 Å². The van der Waals surface area contributed by atoms with Crippen LogP contribution in [0.1, 0.15) is 21.6 Å². The molecule has 0 atom stereocenters. The summed E-state index contributed by atoms with van der Waals surface area (Å²) in [5.41, 5.74) is 7.74. The summed E-state index contributed by atoms with van der Waals surface area (Å²) < 4.78 is 6.94. The van der Waals surface area contributed by atoms with Gasteiger partial charge in [-0.3, -0.25) is 0 Å². The Bertz CT molecular complexity index is 754. The molecule has 0 saturated carbocycles. The summed E-state index contributed by atoms with van der Waals surface area (Å²) in [7, 11) is 1.26. The van der Waals surface area contributed by atoms with Gasteiger partial charge in [-0.15, -0.1) is 0 Å². The highest BCUT2D eigenvalue weighted by Gasteiger charge is 2.22. The largest absolute Gasteiger partial charge is 0.464 e. The first-order chi connectivity index (χ1) is 9.90. The number of halogens is 2. The van der Waals surface area contributed by atoms with Crippen molar-refractivity contribution in [2.24, 2.45) is 0 Å². The third kappa shape index (κ3) is 2.62. The number of nitrogen functional groups attached to an aromatic ring is 1. The van der Waals surface area contributed by atoms with Crippen molar-refractivity contribution in [3.63, 3.8) is 0 Å². The van der Waals surface area contributed by atoms with Crippen molar-refractivity contribution in [2.75, 3.05) is 12.8 Å². The van der Waals surface area contributed by atoms with Crippen LogP contribution in [0.2, 0.25) is 5.02 Å². The average Bonchev–Trinajstić information content (AvgIpc) is 2.80. The van der Waals surface area contributed by atoms with E-state index in [0.717, 1.165) is 5.56 Å². The molecular formula is C14H11BrClN3O2. The summed E-state index contributed by atoms with van der Waals surface area (Å²) >= 11 is 9.46. The maximum absolute atomic E-state index is 11.9. The van der Waals surface area contributed by atoms with E-state index in [1.54, 1.807) is 12.1 Å². The lowest BCUT2D eigenvalue weighted by molar-refractivity contribution is 0.0593. The number of carbonyl (C=O) groups is 1. The quantitative estimate of drug-likeness (QED) is 0.823. The summed E-state index contributed by atoms with van der Waals surface area (Å²) in [6.45, 7) is 1.84. The summed E-state index contributed by atoms with van der Waals surface area (Å²) in [5, 5.41) is 9.67. The fraction of sp³-hybridized carbons (Fsp3) is 0.143. The number of nitrogens with two attached hydrogens (primary N) is 1. The van der Waals surface area contributed by atoms with Crippen LogP contribution in [0.4, 0.5) is 5.69 Å². The molecule has 0 fully saturated rings. The molecule has 0 saturated heterocycles. The van der Waals surface area contributed by atoms with Crippen LogP contribution < -0.4 is 5.73 Å². The Balaban J connectivity index is 2.75. The Morgan fingerprint density at radius 1 is 1.52 bits per heavy atom. The van der Waals surface area contributed by atoms with Crippen LogP contribution in [0.25, 0.3) is 5.69 Å². The molecule has 21 heavy (non-hydrogen) atoms. The number of rotatable bonds is 2. The molecule has 2 aromatic rings. The second-order valence-corrected chi connectivity index (χ2v) is 5.57. The molecule has 0 unspecified atom stereocenters. The number of carbonyl (C=O) groups excluding carboxylic acids is 1. The Morgan fingerprint density at radius 2 is 2.19 bits per heavy atom. The van der Waals surface area contributed by atoms with E-state index < -0.39 is 5.97 Å². The smallest absolute Gasteiger partial charge is 0.357 e. The van der Waals surface area contributed by atoms with E-state index >= 15 is 0 Å². The van der Waals surface area contributed by atoms with Gasteiger partial charge >= 0.3 is 5.97 Å². The molecule has 0 amide bonds. The third-order valence-electron chi connectivity index (χ3n) is 3.02. The normalized spacial score (nSPS) is 10.2. The SMILES string of the molecule is COC(=O)c1c(N)c(C#N)cn1-c1cc(C)c(Cl)c(Br)c1. The Kier molecular flexibility index (Phi) is 4.26. The number of esters is 1. The summed E-state index contributed by atoms with van der Waals surface area (Å²) in [6.07, 6.45) is 1.50. The topological polar surface area (TPSA) is 81.0 Å². The van der Waals surface area contributed by atoms with Gasteiger partial charge in [-0.1, -0.05) is 11.6 Å². The number of nitrogens with zero attached hydrogens (tertiary/aromatic N) is 2. The number of anilines is 1. The van der Waals surface area contributed by atoms with Gasteiger partial charge in [0.15, 0.2) is 5.69 Å². The summed E-state index contributed by atoms with van der Waals surface area (Å²) in [5.74, 6) is -0.613. The van der Waals surface area contributed by atoms with E-state index in [1.807, 2.05) is 13.0 Å². The molecule has 0 aliphatic heterocycles. The first-order valence-electron chi connectivity index (χ1n) is 5.86. The van der Waals surface area contributed by atoms with Gasteiger partial charge in [0.25, 0.3) is 0 Å². The molecule has 1 aromatic heterocycles. The van der Waals surface area contributed by atoms with Crippen LogP contribution in [0, 0.1) is 18.3 Å². The highest BCUT2D eigenvalue weighted by molar-refractivity contribution is 9.10. The van der Waals surface area contributed by atoms with Crippen LogP contribution in [0.5, 0.6) is 0 Å². The van der Waals surface area contributed by atoms with Crippen molar-refractivity contribution in [1.82, 2.24) is 4.57 Å². The monoisotopic (exact) mass is 367 g/mol. The molecule has 2 rings (SSSR count). The van der Waals surface area contributed by atoms with E-state index in [-0.39, 0.29) is 16.9 Å². The number of benzene rings is 1. The van der Waals surface area contributed by atoms with Gasteiger partial charge in [0.2, 0.25) is 0 Å². The van der Waals surface area contributed by atoms with Crippen molar-refractivity contribution in [3.05, 3.63) is 44.6 Å². The Labute approximate surface area is 135 Å². The maximum Gasteiger partial charge on any atom is 0.357 e. The molecule has 0 radical (unpaired) electrons. The van der Waals surface area contributed by atoms with Crippen molar-refractivity contribution in [1.29, 1.82) is 5.26 Å². The van der Waals surface area contributed by atoms with Crippen LogP contribution >= 0.6 is 27.5 Å². The minimum atomic E-state index is -0.613. The Hall–Kier alpha value is -1.97. The minimum absolute atomic E-state index is 0.0908. The van der Waals surface area contributed by atoms with E-state index in [4.69, 9.17) is 27.3 Å². The van der Waals surface area contributed by atoms with Crippen LogP contribution in [0.3, 0.4) is 0 Å². The first-order valence-corrected chi connectivity index (χ1v) is 7.03. The third-order valence-corrected chi connectivity index (χ3v) is 4.37. The lowest BCUT2D eigenvalue weighted by atomic mass is 10.2. The zero-order chi connectivity index (χ0) is 15.7. The standard InChI is InChI=1S/C14H11BrClN3O2/c1-7-3-9(4-10(15)11(7)16)19-6-8(5-17)12(18)13(19)14(20)21-2/h3-4,6H,18H2,1-2H3. The van der Waals surface area contributed by atoms with Gasteiger partial charge in [-0.2, -0.15) is 5.26 Å². The van der Waals surface area contributed by atoms with Gasteiger partial charge in [0, 0.05) is 16.4 Å². The average molecular weight is 369 g/mol. The van der Waals surface area contributed by atoms with Crippen molar-refractivity contribution in [2.45, 2.75) is 6.92 Å². The number of ether oxygens (including phenoxy) is 1. The molecule has 2 N–H and O–H groups in total. The highest BCUT2D eigenvalue weighted by Crippen LogP contribution is 2.31. The number of hydrogen-bond acceptors (Lipinski definition) is 4. The second kappa shape index (κ2) is 5.80. The van der Waals surface area contributed by atoms with Gasteiger partial charge < -0.3 is 15.0 Å². The number of nitriles is 1. The molecule has 108 valence electrons. The molecular weight excluding hydrogens is 358 g/mol. The number of methoxy groups -OCH3 is 1. The van der Waals surface area contributed by atoms with E-state index in [0.29, 0.717) is 15.2 Å². The van der Waals surface area contributed by atoms with Crippen LogP contribution in [0.15, 0.2) is 22.8 Å². The van der Waals surface area contributed by atoms with E-state index in [2.05, 4.69) is 15.9 Å². The fourth-order valence-corrected chi connectivity index (χ4v) is 2.62. The number of aromatic nitrogens is 1. The predicted molar refractivity (Wildman–Crippen MR) is 83.7 cm³/mol. The number of aryl methyl sites for hydroxylation is 1. The molecule has 0 spiro atoms. The first kappa shape index (κ1) is 15.4. The molecule has 7 heteroatoms. The molecule has 1 heterocycles. The summed E-state index contributed by atoms with van der Waals surface area (Å²) in [6, 6.07) is 5.48. The zero-order valence-corrected chi connectivity index (χ0v) is 13.6. The highest BCUT2D eigenvalue weighted by atomic mass is 79.9.